The summed E-state index contributed by atoms with van der Waals surface area (Å²) >= 11 is 5.97. The zero-order valence-corrected chi connectivity index (χ0v) is 10.7. The first-order chi connectivity index (χ1) is 8.74. The molecular weight excluding hydrogens is 250 g/mol. The largest absolute Gasteiger partial charge is 0.342 e. The Kier molecular flexibility index (Phi) is 2.13. The highest BCUT2D eigenvalue weighted by atomic mass is 35.5. The van der Waals surface area contributed by atoms with Gasteiger partial charge in [-0.2, -0.15) is 0 Å². The van der Waals surface area contributed by atoms with Gasteiger partial charge in [0.25, 0.3) is 0 Å². The summed E-state index contributed by atoms with van der Waals surface area (Å²) in [4.78, 5) is 18.8. The van der Waals surface area contributed by atoms with Gasteiger partial charge in [-0.25, -0.2) is 4.98 Å². The van der Waals surface area contributed by atoms with E-state index < -0.39 is 0 Å². The predicted octanol–water partition coefficient (Wildman–Crippen LogP) is 2.29. The fourth-order valence-electron chi connectivity index (χ4n) is 3.81. The molecule has 1 amide bonds. The van der Waals surface area contributed by atoms with Crippen LogP contribution >= 0.6 is 11.6 Å². The molecule has 0 spiro atoms. The van der Waals surface area contributed by atoms with Crippen LogP contribution in [0.2, 0.25) is 5.15 Å². The summed E-state index contributed by atoms with van der Waals surface area (Å²) in [6, 6.07) is 3.53. The van der Waals surface area contributed by atoms with Gasteiger partial charge in [0, 0.05) is 6.54 Å². The number of hydrogen-bond acceptors (Lipinski definition) is 3. The van der Waals surface area contributed by atoms with Gasteiger partial charge in [0.15, 0.2) is 5.82 Å². The molecule has 3 unspecified atom stereocenters. The average Bonchev–Trinajstić information content (AvgIpc) is 2.90. The van der Waals surface area contributed by atoms with Crippen LogP contribution in [-0.2, 0) is 4.79 Å². The van der Waals surface area contributed by atoms with E-state index in [-0.39, 0.29) is 11.9 Å². The molecule has 4 rings (SSSR count). The van der Waals surface area contributed by atoms with Gasteiger partial charge in [-0.05, 0) is 36.8 Å². The number of halogens is 1. The molecule has 94 valence electrons. The normalized spacial score (nSPS) is 32.8. The van der Waals surface area contributed by atoms with Crippen LogP contribution in [0.4, 0.5) is 11.5 Å². The summed E-state index contributed by atoms with van der Waals surface area (Å²) in [5, 5.41) is 3.46. The first-order valence-electron chi connectivity index (χ1n) is 6.48. The quantitative estimate of drug-likeness (QED) is 0.731. The summed E-state index contributed by atoms with van der Waals surface area (Å²) in [5.41, 5.74) is 0.792. The average molecular weight is 264 g/mol. The van der Waals surface area contributed by atoms with Crippen LogP contribution in [0.15, 0.2) is 12.1 Å². The van der Waals surface area contributed by atoms with Gasteiger partial charge in [-0.3, -0.25) is 4.79 Å². The summed E-state index contributed by atoms with van der Waals surface area (Å²) in [6.45, 7) is 0.948. The molecule has 1 aromatic rings. The van der Waals surface area contributed by atoms with Crippen LogP contribution in [0.25, 0.3) is 0 Å². The maximum atomic E-state index is 12.3. The fraction of sp³-hybridized carbons (Fsp3) is 0.538. The minimum Gasteiger partial charge on any atom is -0.342 e. The van der Waals surface area contributed by atoms with Gasteiger partial charge in [0.05, 0.1) is 5.69 Å². The van der Waals surface area contributed by atoms with E-state index in [2.05, 4.69) is 15.2 Å². The highest BCUT2D eigenvalue weighted by molar-refractivity contribution is 6.29. The van der Waals surface area contributed by atoms with Crippen molar-refractivity contribution in [3.8, 4) is 0 Å². The highest BCUT2D eigenvalue weighted by Gasteiger charge is 2.50. The maximum absolute atomic E-state index is 12.3. The molecule has 2 aliphatic heterocycles. The van der Waals surface area contributed by atoms with E-state index >= 15 is 0 Å². The molecule has 5 heteroatoms. The Hall–Kier alpha value is -1.29. The number of carbonyl (C=O) groups is 1. The van der Waals surface area contributed by atoms with Crippen LogP contribution in [-0.4, -0.2) is 23.5 Å². The van der Waals surface area contributed by atoms with E-state index in [1.165, 1.54) is 12.8 Å². The number of pyridine rings is 1. The lowest BCUT2D eigenvalue weighted by Crippen LogP contribution is -2.47. The lowest BCUT2D eigenvalue weighted by Gasteiger charge is -2.33. The minimum atomic E-state index is -0.0315. The van der Waals surface area contributed by atoms with Gasteiger partial charge in [-0.1, -0.05) is 18.0 Å². The number of carbonyl (C=O) groups excluding carboxylic acids is 1. The van der Waals surface area contributed by atoms with E-state index in [1.807, 2.05) is 6.07 Å². The molecular formula is C13H14ClN3O. The number of nitrogens with zero attached hydrogens (tertiary/aromatic N) is 2. The summed E-state index contributed by atoms with van der Waals surface area (Å²) < 4.78 is 0. The number of hydrogen-bond donors (Lipinski definition) is 1. The molecule has 0 radical (unpaired) electrons. The molecule has 4 nitrogen and oxygen atoms in total. The number of amides is 1. The third-order valence-corrected chi connectivity index (χ3v) is 4.74. The van der Waals surface area contributed by atoms with Gasteiger partial charge in [-0.15, -0.1) is 0 Å². The predicted molar refractivity (Wildman–Crippen MR) is 69.8 cm³/mol. The van der Waals surface area contributed by atoms with E-state index in [0.29, 0.717) is 17.0 Å². The molecule has 1 saturated heterocycles. The number of anilines is 2. The van der Waals surface area contributed by atoms with Crippen molar-refractivity contribution in [3.63, 3.8) is 0 Å². The van der Waals surface area contributed by atoms with Crippen molar-refractivity contribution in [3.05, 3.63) is 17.3 Å². The van der Waals surface area contributed by atoms with Gasteiger partial charge in [0.1, 0.15) is 11.2 Å². The zero-order chi connectivity index (χ0) is 12.3. The molecule has 1 N–H and O–H groups in total. The Labute approximate surface area is 110 Å². The molecule has 3 aliphatic rings. The van der Waals surface area contributed by atoms with Gasteiger partial charge in [0.2, 0.25) is 5.91 Å². The van der Waals surface area contributed by atoms with Crippen molar-refractivity contribution in [1.29, 1.82) is 0 Å². The third kappa shape index (κ3) is 1.32. The Morgan fingerprint density at radius 2 is 2.28 bits per heavy atom. The fourth-order valence-corrected chi connectivity index (χ4v) is 3.95. The summed E-state index contributed by atoms with van der Waals surface area (Å²) in [6.07, 6.45) is 3.65. The van der Waals surface area contributed by atoms with Crippen molar-refractivity contribution in [2.75, 3.05) is 16.8 Å². The van der Waals surface area contributed by atoms with Crippen LogP contribution in [0.3, 0.4) is 0 Å². The molecule has 18 heavy (non-hydrogen) atoms. The first kappa shape index (κ1) is 10.6. The van der Waals surface area contributed by atoms with Crippen LogP contribution in [0.5, 0.6) is 0 Å². The number of nitrogens with one attached hydrogen (secondary N) is 1. The standard InChI is InChI=1S/C13H14ClN3O/c14-10-5-4-9-12(16-10)17-6-7-2-1-3-8(7)11(17)13(18)15-9/h4-5,7-8,11H,1-3,6H2,(H,15,18). The molecule has 1 aliphatic carbocycles. The SMILES string of the molecule is O=C1Nc2ccc(Cl)nc2N2CC3CCCC3C12. The third-order valence-electron chi connectivity index (χ3n) is 4.53. The second kappa shape index (κ2) is 3.60. The molecule has 0 bridgehead atoms. The smallest absolute Gasteiger partial charge is 0.247 e. The molecule has 0 aromatic carbocycles. The van der Waals surface area contributed by atoms with Gasteiger partial charge < -0.3 is 10.2 Å². The van der Waals surface area contributed by atoms with E-state index in [9.17, 15) is 4.79 Å². The number of rotatable bonds is 0. The summed E-state index contributed by atoms with van der Waals surface area (Å²) in [7, 11) is 0. The topological polar surface area (TPSA) is 45.2 Å². The zero-order valence-electron chi connectivity index (χ0n) is 9.90. The molecule has 1 saturated carbocycles. The lowest BCUT2D eigenvalue weighted by atomic mass is 9.93. The lowest BCUT2D eigenvalue weighted by molar-refractivity contribution is -0.118. The minimum absolute atomic E-state index is 0.0315. The summed E-state index contributed by atoms with van der Waals surface area (Å²) in [5.74, 6) is 2.12. The van der Waals surface area contributed by atoms with E-state index in [4.69, 9.17) is 11.6 Å². The van der Waals surface area contributed by atoms with Crippen molar-refractivity contribution < 1.29 is 4.79 Å². The number of aromatic nitrogens is 1. The second-order valence-electron chi connectivity index (χ2n) is 5.45. The Balaban J connectivity index is 1.81. The van der Waals surface area contributed by atoms with Crippen LogP contribution < -0.4 is 10.2 Å². The van der Waals surface area contributed by atoms with Crippen LogP contribution in [0.1, 0.15) is 19.3 Å². The van der Waals surface area contributed by atoms with E-state index in [1.54, 1.807) is 6.07 Å². The molecule has 2 fully saturated rings. The highest BCUT2D eigenvalue weighted by Crippen LogP contribution is 2.47. The molecule has 1 aromatic heterocycles. The number of fused-ring (bicyclic) bond motifs is 5. The Morgan fingerprint density at radius 1 is 1.39 bits per heavy atom. The van der Waals surface area contributed by atoms with Crippen molar-refractivity contribution >= 4 is 29.0 Å². The second-order valence-corrected chi connectivity index (χ2v) is 5.83. The van der Waals surface area contributed by atoms with Crippen molar-refractivity contribution in [2.45, 2.75) is 25.3 Å². The van der Waals surface area contributed by atoms with Crippen molar-refractivity contribution in [1.82, 2.24) is 4.98 Å². The Morgan fingerprint density at radius 3 is 3.17 bits per heavy atom. The first-order valence-corrected chi connectivity index (χ1v) is 6.86. The molecule has 3 atom stereocenters. The molecule has 3 heterocycles. The van der Waals surface area contributed by atoms with Crippen molar-refractivity contribution in [2.24, 2.45) is 11.8 Å². The van der Waals surface area contributed by atoms with Gasteiger partial charge >= 0.3 is 0 Å². The Bertz CT molecular complexity index is 533. The van der Waals surface area contributed by atoms with Crippen LogP contribution in [0, 0.1) is 11.8 Å². The van der Waals surface area contributed by atoms with E-state index in [0.717, 1.165) is 24.5 Å². The monoisotopic (exact) mass is 263 g/mol. The maximum Gasteiger partial charge on any atom is 0.247 e.